The van der Waals surface area contributed by atoms with E-state index in [9.17, 15) is 4.79 Å². The Bertz CT molecular complexity index is 873. The second kappa shape index (κ2) is 6.98. The molecule has 1 amide bonds. The number of aromatic nitrogens is 1. The van der Waals surface area contributed by atoms with Crippen LogP contribution in [0.3, 0.4) is 0 Å². The van der Waals surface area contributed by atoms with Crippen LogP contribution < -0.4 is 14.8 Å². The van der Waals surface area contributed by atoms with E-state index in [1.54, 1.807) is 11.3 Å². The number of carbonyl (C=O) groups excluding carboxylic acids is 1. The van der Waals surface area contributed by atoms with E-state index in [0.717, 1.165) is 16.2 Å². The molecule has 2 aromatic heterocycles. The first-order valence-electron chi connectivity index (χ1n) is 7.92. The van der Waals surface area contributed by atoms with Gasteiger partial charge in [0.1, 0.15) is 18.9 Å². The highest BCUT2D eigenvalue weighted by Crippen LogP contribution is 2.34. The van der Waals surface area contributed by atoms with Crippen LogP contribution >= 0.6 is 11.3 Å². The maximum Gasteiger partial charge on any atom is 0.225 e. The molecule has 1 aromatic carbocycles. The van der Waals surface area contributed by atoms with Crippen molar-refractivity contribution in [2.24, 2.45) is 0 Å². The van der Waals surface area contributed by atoms with Gasteiger partial charge in [0, 0.05) is 16.5 Å². The highest BCUT2D eigenvalue weighted by Gasteiger charge is 2.15. The van der Waals surface area contributed by atoms with Crippen molar-refractivity contribution >= 4 is 17.2 Å². The molecule has 4 rings (SSSR count). The number of thiophene rings is 1. The number of ether oxygens (including phenoxy) is 2. The zero-order valence-corrected chi connectivity index (χ0v) is 14.2. The third-order valence-electron chi connectivity index (χ3n) is 3.77. The summed E-state index contributed by atoms with van der Waals surface area (Å²) in [4.78, 5) is 13.0. The van der Waals surface area contributed by atoms with E-state index in [1.165, 1.54) is 0 Å². The topological polar surface area (TPSA) is 73.6 Å². The van der Waals surface area contributed by atoms with Crippen molar-refractivity contribution < 1.29 is 18.8 Å². The molecule has 0 radical (unpaired) electrons. The highest BCUT2D eigenvalue weighted by molar-refractivity contribution is 7.10. The molecule has 0 spiro atoms. The Balaban J connectivity index is 1.39. The lowest BCUT2D eigenvalue weighted by Gasteiger charge is -2.18. The van der Waals surface area contributed by atoms with Gasteiger partial charge in [-0.1, -0.05) is 11.2 Å². The maximum atomic E-state index is 11.9. The quantitative estimate of drug-likeness (QED) is 0.761. The van der Waals surface area contributed by atoms with E-state index in [-0.39, 0.29) is 5.91 Å². The van der Waals surface area contributed by atoms with Gasteiger partial charge in [0.2, 0.25) is 5.91 Å². The molecule has 6 nitrogen and oxygen atoms in total. The molecule has 0 aliphatic carbocycles. The Morgan fingerprint density at radius 1 is 1.16 bits per heavy atom. The summed E-state index contributed by atoms with van der Waals surface area (Å²) in [5, 5.41) is 8.83. The maximum absolute atomic E-state index is 11.9. The monoisotopic (exact) mass is 356 g/mol. The van der Waals surface area contributed by atoms with Crippen molar-refractivity contribution in [1.82, 2.24) is 10.5 Å². The second-order valence-corrected chi connectivity index (χ2v) is 6.61. The Morgan fingerprint density at radius 3 is 2.88 bits per heavy atom. The van der Waals surface area contributed by atoms with Crippen molar-refractivity contribution in [3.63, 3.8) is 0 Å². The summed E-state index contributed by atoms with van der Waals surface area (Å²) in [6, 6.07) is 11.3. The van der Waals surface area contributed by atoms with Gasteiger partial charge in [0.15, 0.2) is 17.3 Å². The third kappa shape index (κ3) is 3.66. The van der Waals surface area contributed by atoms with Crippen molar-refractivity contribution in [2.45, 2.75) is 13.0 Å². The molecule has 0 bridgehead atoms. The Morgan fingerprint density at radius 2 is 2.04 bits per heavy atom. The molecule has 0 saturated carbocycles. The Kier molecular flexibility index (Phi) is 4.39. The standard InChI is InChI=1S/C18H16N2O4S/c21-18(10-14-2-1-7-25-14)19-11-13-9-16(24-20-13)12-3-4-15-17(8-12)23-6-5-22-15/h1-4,7-9H,5-6,10-11H2,(H,19,21). The van der Waals surface area contributed by atoms with Gasteiger partial charge in [0.25, 0.3) is 0 Å². The van der Waals surface area contributed by atoms with Crippen molar-refractivity contribution in [3.8, 4) is 22.8 Å². The smallest absolute Gasteiger partial charge is 0.225 e. The minimum absolute atomic E-state index is 0.0358. The number of hydrogen-bond acceptors (Lipinski definition) is 6. The number of rotatable bonds is 5. The fraction of sp³-hybridized carbons (Fsp3) is 0.222. The molecule has 3 heterocycles. The summed E-state index contributed by atoms with van der Waals surface area (Å²) < 4.78 is 16.5. The molecule has 1 aliphatic rings. The number of fused-ring (bicyclic) bond motifs is 1. The molecule has 128 valence electrons. The van der Waals surface area contributed by atoms with Crippen LogP contribution in [0, 0.1) is 0 Å². The minimum Gasteiger partial charge on any atom is -0.486 e. The number of hydrogen-bond donors (Lipinski definition) is 1. The summed E-state index contributed by atoms with van der Waals surface area (Å²) >= 11 is 1.57. The second-order valence-electron chi connectivity index (χ2n) is 5.57. The van der Waals surface area contributed by atoms with E-state index < -0.39 is 0 Å². The zero-order chi connectivity index (χ0) is 17.1. The predicted molar refractivity (Wildman–Crippen MR) is 92.8 cm³/mol. The average Bonchev–Trinajstić information content (AvgIpc) is 3.31. The molecule has 0 saturated heterocycles. The zero-order valence-electron chi connectivity index (χ0n) is 13.4. The number of carbonyl (C=O) groups is 1. The van der Waals surface area contributed by atoms with Crippen molar-refractivity contribution in [3.05, 3.63) is 52.3 Å². The summed E-state index contributed by atoms with van der Waals surface area (Å²) in [5.41, 5.74) is 1.53. The normalized spacial score (nSPS) is 12.8. The van der Waals surface area contributed by atoms with E-state index in [1.807, 2.05) is 41.8 Å². The van der Waals surface area contributed by atoms with Crippen LogP contribution in [0.5, 0.6) is 11.5 Å². The largest absolute Gasteiger partial charge is 0.486 e. The minimum atomic E-state index is -0.0358. The van der Waals surface area contributed by atoms with Gasteiger partial charge < -0.3 is 19.3 Å². The van der Waals surface area contributed by atoms with E-state index in [2.05, 4.69) is 10.5 Å². The van der Waals surface area contributed by atoms with Gasteiger partial charge in [-0.25, -0.2) is 0 Å². The molecular weight excluding hydrogens is 340 g/mol. The molecule has 3 aromatic rings. The fourth-order valence-corrected chi connectivity index (χ4v) is 3.25. The van der Waals surface area contributed by atoms with Crippen LogP contribution in [0.1, 0.15) is 10.6 Å². The van der Waals surface area contributed by atoms with Gasteiger partial charge in [-0.15, -0.1) is 11.3 Å². The van der Waals surface area contributed by atoms with Gasteiger partial charge in [-0.05, 0) is 29.6 Å². The first kappa shape index (κ1) is 15.7. The van der Waals surface area contributed by atoms with Crippen LogP contribution in [0.4, 0.5) is 0 Å². The van der Waals surface area contributed by atoms with Crippen molar-refractivity contribution in [2.75, 3.05) is 13.2 Å². The van der Waals surface area contributed by atoms with E-state index >= 15 is 0 Å². The summed E-state index contributed by atoms with van der Waals surface area (Å²) in [7, 11) is 0. The lowest BCUT2D eigenvalue weighted by molar-refractivity contribution is -0.120. The predicted octanol–water partition coefficient (Wildman–Crippen LogP) is 3.03. The van der Waals surface area contributed by atoms with Gasteiger partial charge in [-0.3, -0.25) is 4.79 Å². The summed E-state index contributed by atoms with van der Waals surface area (Å²) in [6.45, 7) is 1.43. The van der Waals surface area contributed by atoms with E-state index in [0.29, 0.717) is 43.4 Å². The van der Waals surface area contributed by atoms with Gasteiger partial charge in [-0.2, -0.15) is 0 Å². The summed E-state index contributed by atoms with van der Waals surface area (Å²) in [5.74, 6) is 2.02. The van der Waals surface area contributed by atoms with Gasteiger partial charge >= 0.3 is 0 Å². The Hall–Kier alpha value is -2.80. The summed E-state index contributed by atoms with van der Waals surface area (Å²) in [6.07, 6.45) is 0.380. The molecule has 7 heteroatoms. The SMILES string of the molecule is O=C(Cc1cccs1)NCc1cc(-c2ccc3c(c2)OCCO3)on1. The van der Waals surface area contributed by atoms with Crippen LogP contribution in [-0.2, 0) is 17.8 Å². The molecule has 1 N–H and O–H groups in total. The lowest BCUT2D eigenvalue weighted by atomic mass is 10.1. The molecule has 0 unspecified atom stereocenters. The molecule has 0 fully saturated rings. The number of amides is 1. The fourth-order valence-electron chi connectivity index (χ4n) is 2.55. The third-order valence-corrected chi connectivity index (χ3v) is 4.64. The first-order valence-corrected chi connectivity index (χ1v) is 8.80. The van der Waals surface area contributed by atoms with Crippen LogP contribution in [0.2, 0.25) is 0 Å². The van der Waals surface area contributed by atoms with Gasteiger partial charge in [0.05, 0.1) is 13.0 Å². The van der Waals surface area contributed by atoms with Crippen LogP contribution in [0.25, 0.3) is 11.3 Å². The lowest BCUT2D eigenvalue weighted by Crippen LogP contribution is -2.24. The highest BCUT2D eigenvalue weighted by atomic mass is 32.1. The van der Waals surface area contributed by atoms with Crippen LogP contribution in [-0.4, -0.2) is 24.3 Å². The van der Waals surface area contributed by atoms with Crippen molar-refractivity contribution in [1.29, 1.82) is 0 Å². The molecule has 1 aliphatic heterocycles. The average molecular weight is 356 g/mol. The number of nitrogens with zero attached hydrogens (tertiary/aromatic N) is 1. The molecule has 25 heavy (non-hydrogen) atoms. The van der Waals surface area contributed by atoms with E-state index in [4.69, 9.17) is 14.0 Å². The molecule has 0 atom stereocenters. The number of benzene rings is 1. The number of nitrogens with one attached hydrogen (secondary N) is 1. The Labute approximate surface area is 148 Å². The molecular formula is C18H16N2O4S. The first-order chi connectivity index (χ1) is 12.3. The van der Waals surface area contributed by atoms with Crippen LogP contribution in [0.15, 0.2) is 46.3 Å².